The van der Waals surface area contributed by atoms with Gasteiger partial charge in [-0.1, -0.05) is 12.1 Å². The Bertz CT molecular complexity index is 1020. The first-order valence-electron chi connectivity index (χ1n) is 9.55. The monoisotopic (exact) mass is 389 g/mol. The second kappa shape index (κ2) is 7.47. The Balaban J connectivity index is 1.41. The van der Waals surface area contributed by atoms with Crippen LogP contribution in [0.5, 0.6) is 0 Å². The first-order chi connectivity index (χ1) is 14.0. The Morgan fingerprint density at radius 3 is 2.41 bits per heavy atom. The Hall–Kier alpha value is -3.54. The molecule has 0 unspecified atom stereocenters. The summed E-state index contributed by atoms with van der Waals surface area (Å²) in [5, 5.41) is 3.26. The zero-order valence-electron chi connectivity index (χ0n) is 16.5. The normalized spacial score (nSPS) is 14.8. The third-order valence-corrected chi connectivity index (χ3v) is 4.98. The van der Waals surface area contributed by atoms with E-state index in [-0.39, 0.29) is 12.5 Å². The smallest absolute Gasteiger partial charge is 0.338 e. The van der Waals surface area contributed by atoms with Gasteiger partial charge in [0, 0.05) is 18.1 Å². The van der Waals surface area contributed by atoms with Crippen LogP contribution in [0.15, 0.2) is 73.1 Å². The highest BCUT2D eigenvalue weighted by Gasteiger charge is 2.38. The fourth-order valence-electron chi connectivity index (χ4n) is 3.46. The lowest BCUT2D eigenvalue weighted by atomic mass is 9.98. The van der Waals surface area contributed by atoms with Gasteiger partial charge in [-0.2, -0.15) is 0 Å². The standard InChI is InChI=1S/C23H23N3O3/c1-23(2)22(28)26(20-8-4-3-7-19(20)24-23)15-16-29-21(27)17-9-11-18(12-10-17)25-13-5-6-14-25/h3-14,24H,15-16H2,1-2H3. The number of nitrogens with zero attached hydrogens (tertiary/aromatic N) is 2. The molecule has 0 saturated heterocycles. The van der Waals surface area contributed by atoms with Crippen molar-refractivity contribution in [1.82, 2.24) is 4.57 Å². The van der Waals surface area contributed by atoms with Crippen LogP contribution < -0.4 is 10.2 Å². The summed E-state index contributed by atoms with van der Waals surface area (Å²) < 4.78 is 7.40. The van der Waals surface area contributed by atoms with Gasteiger partial charge in [-0.25, -0.2) is 4.79 Å². The molecule has 4 rings (SSSR count). The molecule has 0 fully saturated rings. The fourth-order valence-corrected chi connectivity index (χ4v) is 3.46. The molecule has 29 heavy (non-hydrogen) atoms. The Morgan fingerprint density at radius 2 is 1.69 bits per heavy atom. The largest absolute Gasteiger partial charge is 0.460 e. The summed E-state index contributed by atoms with van der Waals surface area (Å²) in [6, 6.07) is 18.7. The predicted molar refractivity (Wildman–Crippen MR) is 113 cm³/mol. The number of aromatic nitrogens is 1. The van der Waals surface area contributed by atoms with E-state index in [4.69, 9.17) is 4.74 Å². The molecule has 1 aliphatic heterocycles. The first-order valence-corrected chi connectivity index (χ1v) is 9.55. The molecule has 0 bridgehead atoms. The molecule has 0 aliphatic carbocycles. The van der Waals surface area contributed by atoms with Gasteiger partial charge in [0.15, 0.2) is 0 Å². The second-order valence-corrected chi connectivity index (χ2v) is 7.50. The van der Waals surface area contributed by atoms with Crippen molar-refractivity contribution < 1.29 is 14.3 Å². The van der Waals surface area contributed by atoms with E-state index in [1.54, 1.807) is 17.0 Å². The summed E-state index contributed by atoms with van der Waals surface area (Å²) in [5.41, 5.74) is 2.42. The minimum atomic E-state index is -0.716. The van der Waals surface area contributed by atoms with Crippen LogP contribution in [0.3, 0.4) is 0 Å². The van der Waals surface area contributed by atoms with Crippen LogP contribution in [-0.4, -0.2) is 35.1 Å². The summed E-state index contributed by atoms with van der Waals surface area (Å²) in [5.74, 6) is -0.456. The van der Waals surface area contributed by atoms with Crippen LogP contribution in [0.4, 0.5) is 11.4 Å². The van der Waals surface area contributed by atoms with Crippen molar-refractivity contribution in [2.45, 2.75) is 19.4 Å². The van der Waals surface area contributed by atoms with Crippen molar-refractivity contribution in [3.63, 3.8) is 0 Å². The fraction of sp³-hybridized carbons (Fsp3) is 0.217. The minimum absolute atomic E-state index is 0.0525. The zero-order valence-corrected chi connectivity index (χ0v) is 16.5. The summed E-state index contributed by atoms with van der Waals surface area (Å²) in [6.45, 7) is 4.11. The van der Waals surface area contributed by atoms with Crippen LogP contribution >= 0.6 is 0 Å². The SMILES string of the molecule is CC1(C)Nc2ccccc2N(CCOC(=O)c2ccc(-n3cccc3)cc2)C1=O. The lowest BCUT2D eigenvalue weighted by Crippen LogP contribution is -2.54. The number of esters is 1. The minimum Gasteiger partial charge on any atom is -0.460 e. The van der Waals surface area contributed by atoms with E-state index in [1.807, 2.05) is 79.3 Å². The quantitative estimate of drug-likeness (QED) is 0.673. The van der Waals surface area contributed by atoms with Crippen LogP contribution in [-0.2, 0) is 9.53 Å². The molecule has 0 spiro atoms. The summed E-state index contributed by atoms with van der Waals surface area (Å²) in [4.78, 5) is 26.9. The van der Waals surface area contributed by atoms with Crippen LogP contribution in [0.25, 0.3) is 5.69 Å². The average molecular weight is 389 g/mol. The van der Waals surface area contributed by atoms with Gasteiger partial charge in [0.25, 0.3) is 5.91 Å². The number of hydrogen-bond acceptors (Lipinski definition) is 4. The molecule has 1 aromatic heterocycles. The number of rotatable bonds is 5. The highest BCUT2D eigenvalue weighted by molar-refractivity contribution is 6.07. The van der Waals surface area contributed by atoms with Gasteiger partial charge in [0.1, 0.15) is 12.1 Å². The summed E-state index contributed by atoms with van der Waals surface area (Å²) in [7, 11) is 0. The second-order valence-electron chi connectivity index (χ2n) is 7.50. The third kappa shape index (κ3) is 3.74. The maximum Gasteiger partial charge on any atom is 0.338 e. The Morgan fingerprint density at radius 1 is 1.00 bits per heavy atom. The van der Waals surface area contributed by atoms with Crippen molar-refractivity contribution in [2.75, 3.05) is 23.4 Å². The number of carbonyl (C=O) groups excluding carboxylic acids is 2. The maximum atomic E-state index is 12.8. The molecule has 1 aliphatic rings. The van der Waals surface area contributed by atoms with Gasteiger partial charge in [-0.05, 0) is 62.4 Å². The number of benzene rings is 2. The van der Waals surface area contributed by atoms with E-state index in [1.165, 1.54) is 0 Å². The molecular formula is C23H23N3O3. The van der Waals surface area contributed by atoms with Gasteiger partial charge in [0.2, 0.25) is 0 Å². The van der Waals surface area contributed by atoms with Gasteiger partial charge in [-0.3, -0.25) is 4.79 Å². The molecule has 6 heteroatoms. The van der Waals surface area contributed by atoms with Crippen LogP contribution in [0.1, 0.15) is 24.2 Å². The highest BCUT2D eigenvalue weighted by Crippen LogP contribution is 2.34. The van der Waals surface area contributed by atoms with E-state index in [2.05, 4.69) is 5.32 Å². The number of hydrogen-bond donors (Lipinski definition) is 1. The number of anilines is 2. The Kier molecular flexibility index (Phi) is 4.84. The van der Waals surface area contributed by atoms with Gasteiger partial charge < -0.3 is 19.5 Å². The molecular weight excluding hydrogens is 366 g/mol. The molecule has 1 amide bonds. The molecule has 1 N–H and O–H groups in total. The third-order valence-electron chi connectivity index (χ3n) is 4.98. The zero-order chi connectivity index (χ0) is 20.4. The van der Waals surface area contributed by atoms with Crippen molar-refractivity contribution in [2.24, 2.45) is 0 Å². The number of nitrogens with one attached hydrogen (secondary N) is 1. The Labute approximate surface area is 169 Å². The summed E-state index contributed by atoms with van der Waals surface area (Å²) >= 11 is 0. The molecule has 0 atom stereocenters. The van der Waals surface area contributed by atoms with Crippen molar-refractivity contribution in [3.05, 3.63) is 78.6 Å². The first kappa shape index (κ1) is 18.8. The lowest BCUT2D eigenvalue weighted by Gasteiger charge is -2.39. The van der Waals surface area contributed by atoms with Gasteiger partial charge >= 0.3 is 5.97 Å². The number of para-hydroxylation sites is 2. The van der Waals surface area contributed by atoms with Crippen molar-refractivity contribution in [3.8, 4) is 5.69 Å². The van der Waals surface area contributed by atoms with Crippen LogP contribution in [0.2, 0.25) is 0 Å². The number of amides is 1. The van der Waals surface area contributed by atoms with Crippen molar-refractivity contribution >= 4 is 23.3 Å². The number of ether oxygens (including phenoxy) is 1. The molecule has 0 saturated carbocycles. The van der Waals surface area contributed by atoms with E-state index in [0.717, 1.165) is 17.1 Å². The lowest BCUT2D eigenvalue weighted by molar-refractivity contribution is -0.122. The average Bonchev–Trinajstić information content (AvgIpc) is 3.25. The van der Waals surface area contributed by atoms with E-state index in [0.29, 0.717) is 12.1 Å². The molecule has 148 valence electrons. The van der Waals surface area contributed by atoms with E-state index < -0.39 is 11.5 Å². The van der Waals surface area contributed by atoms with Crippen molar-refractivity contribution in [1.29, 1.82) is 0 Å². The molecule has 2 aromatic carbocycles. The van der Waals surface area contributed by atoms with E-state index >= 15 is 0 Å². The maximum absolute atomic E-state index is 12.8. The van der Waals surface area contributed by atoms with Crippen LogP contribution in [0, 0.1) is 0 Å². The highest BCUT2D eigenvalue weighted by atomic mass is 16.5. The molecule has 0 radical (unpaired) electrons. The predicted octanol–water partition coefficient (Wildman–Crippen LogP) is 3.87. The van der Waals surface area contributed by atoms with Gasteiger partial charge in [-0.15, -0.1) is 0 Å². The molecule has 3 aromatic rings. The van der Waals surface area contributed by atoms with Gasteiger partial charge in [0.05, 0.1) is 23.5 Å². The number of fused-ring (bicyclic) bond motifs is 1. The molecule has 2 heterocycles. The number of carbonyl (C=O) groups is 2. The molecule has 6 nitrogen and oxygen atoms in total. The topological polar surface area (TPSA) is 63.6 Å². The summed E-state index contributed by atoms with van der Waals surface area (Å²) in [6.07, 6.45) is 3.88. The van der Waals surface area contributed by atoms with E-state index in [9.17, 15) is 9.59 Å².